The Balaban J connectivity index is 0.00000121. The Labute approximate surface area is 116 Å². The van der Waals surface area contributed by atoms with Crippen LogP contribution in [0.15, 0.2) is 18.2 Å². The maximum Gasteiger partial charge on any atom is 1.00 e. The molecule has 0 atom stereocenters. The molecule has 0 aromatic heterocycles. The number of hydrogen-bond donors (Lipinski definition) is 1. The first-order valence-electron chi connectivity index (χ1n) is 3.75. The van der Waals surface area contributed by atoms with Crippen LogP contribution in [0.5, 0.6) is 5.75 Å². The molecule has 0 unspecified atom stereocenters. The van der Waals surface area contributed by atoms with Gasteiger partial charge in [-0.25, -0.2) is 0 Å². The third-order valence-corrected chi connectivity index (χ3v) is 1.58. The second kappa shape index (κ2) is 5.99. The van der Waals surface area contributed by atoms with Gasteiger partial charge in [0, 0.05) is 12.2 Å². The van der Waals surface area contributed by atoms with Crippen molar-refractivity contribution in [2.45, 2.75) is 13.8 Å². The Morgan fingerprint density at radius 1 is 1.42 bits per heavy atom. The van der Waals surface area contributed by atoms with E-state index in [1.807, 2.05) is 19.9 Å². The zero-order chi connectivity index (χ0) is 8.27. The Morgan fingerprint density at radius 2 is 2.08 bits per heavy atom. The fourth-order valence-corrected chi connectivity index (χ4v) is 0.982. The molecule has 0 aliphatic heterocycles. The van der Waals surface area contributed by atoms with Gasteiger partial charge in [0.15, 0.2) is 0 Å². The van der Waals surface area contributed by atoms with Crippen LogP contribution in [-0.2, 0) is 0 Å². The van der Waals surface area contributed by atoms with Gasteiger partial charge < -0.3 is 10.4 Å². The van der Waals surface area contributed by atoms with Crippen LogP contribution >= 0.6 is 0 Å². The molecule has 1 rings (SSSR count). The van der Waals surface area contributed by atoms with Crippen LogP contribution in [0, 0.1) is 6.92 Å². The Morgan fingerprint density at radius 3 is 2.67 bits per heavy atom. The first kappa shape index (κ1) is 12.5. The van der Waals surface area contributed by atoms with Crippen LogP contribution in [-0.4, -0.2) is 6.54 Å². The van der Waals surface area contributed by atoms with E-state index in [4.69, 9.17) is 0 Å². The molecule has 0 saturated carbocycles. The van der Waals surface area contributed by atoms with Crippen molar-refractivity contribution in [1.82, 2.24) is 0 Å². The number of benzene rings is 1. The molecule has 0 aliphatic rings. The molecule has 0 amide bonds. The maximum atomic E-state index is 10.9. The van der Waals surface area contributed by atoms with Crippen molar-refractivity contribution in [3.8, 4) is 5.75 Å². The third-order valence-electron chi connectivity index (χ3n) is 1.58. The van der Waals surface area contributed by atoms with E-state index in [1.165, 1.54) is 0 Å². The molecule has 1 aromatic carbocycles. The van der Waals surface area contributed by atoms with Crippen molar-refractivity contribution in [1.29, 1.82) is 0 Å². The zero-order valence-electron chi connectivity index (χ0n) is 7.85. The molecule has 60 valence electrons. The van der Waals surface area contributed by atoms with E-state index >= 15 is 0 Å². The molecule has 0 heterocycles. The van der Waals surface area contributed by atoms with Gasteiger partial charge in [-0.15, -0.1) is 5.75 Å². The van der Waals surface area contributed by atoms with Gasteiger partial charge in [0.25, 0.3) is 0 Å². The summed E-state index contributed by atoms with van der Waals surface area (Å²) in [5.41, 5.74) is 2.06. The fraction of sp³-hybridized carbons (Fsp3) is 0.333. The number of hydrogen-bond acceptors (Lipinski definition) is 2. The number of nitrogens with one attached hydrogen (secondary N) is 1. The first-order chi connectivity index (χ1) is 5.24. The van der Waals surface area contributed by atoms with Gasteiger partial charge >= 0.3 is 51.4 Å². The summed E-state index contributed by atoms with van der Waals surface area (Å²) in [6.07, 6.45) is 0. The van der Waals surface area contributed by atoms with Crippen LogP contribution in [0.25, 0.3) is 0 Å². The molecule has 3 heteroatoms. The van der Waals surface area contributed by atoms with Crippen molar-refractivity contribution in [3.63, 3.8) is 0 Å². The molecule has 12 heavy (non-hydrogen) atoms. The summed E-state index contributed by atoms with van der Waals surface area (Å²) < 4.78 is 0. The van der Waals surface area contributed by atoms with E-state index in [2.05, 4.69) is 5.32 Å². The molecule has 0 fully saturated rings. The van der Waals surface area contributed by atoms with E-state index in [0.29, 0.717) is 0 Å². The van der Waals surface area contributed by atoms with E-state index in [0.717, 1.165) is 17.8 Å². The summed E-state index contributed by atoms with van der Waals surface area (Å²) in [7, 11) is 0. The largest absolute Gasteiger partial charge is 1.00 e. The van der Waals surface area contributed by atoms with E-state index in [-0.39, 0.29) is 57.1 Å². The molecular weight excluding hydrogens is 177 g/mol. The van der Waals surface area contributed by atoms with Crippen molar-refractivity contribution in [3.05, 3.63) is 23.8 Å². The summed E-state index contributed by atoms with van der Waals surface area (Å²) in [6.45, 7) is 4.85. The minimum atomic E-state index is 0. The van der Waals surface area contributed by atoms with Gasteiger partial charge in [0.05, 0.1) is 0 Å². The van der Waals surface area contributed by atoms with Gasteiger partial charge in [-0.1, -0.05) is 12.1 Å². The second-order valence-electron chi connectivity index (χ2n) is 2.51. The van der Waals surface area contributed by atoms with Crippen LogP contribution in [0.4, 0.5) is 5.69 Å². The molecular formula is C9H12KNO. The molecule has 1 aromatic rings. The summed E-state index contributed by atoms with van der Waals surface area (Å²) in [6, 6.07) is 5.04. The Kier molecular flexibility index (Phi) is 6.22. The standard InChI is InChI=1S/C9H13NO.K/c1-3-10-9-6-8(11)5-4-7(9)2;/h4-6,10-11H,3H2,1-2H3;/q;+1/p-1. The predicted octanol–water partition coefficient (Wildman–Crippen LogP) is -1.50. The average Bonchev–Trinajstić information content (AvgIpc) is 1.98. The third kappa shape index (κ3) is 3.45. The van der Waals surface area contributed by atoms with E-state index < -0.39 is 0 Å². The van der Waals surface area contributed by atoms with E-state index in [1.54, 1.807) is 12.1 Å². The number of aryl methyl sites for hydroxylation is 1. The Hall–Kier alpha value is 0.456. The molecule has 0 saturated heterocycles. The number of anilines is 1. The second-order valence-corrected chi connectivity index (χ2v) is 2.51. The van der Waals surface area contributed by atoms with E-state index in [9.17, 15) is 5.11 Å². The van der Waals surface area contributed by atoms with Crippen LogP contribution in [0.3, 0.4) is 0 Å². The molecule has 0 spiro atoms. The fourth-order valence-electron chi connectivity index (χ4n) is 0.982. The quantitative estimate of drug-likeness (QED) is 0.575. The first-order valence-corrected chi connectivity index (χ1v) is 3.75. The van der Waals surface area contributed by atoms with Crippen LogP contribution < -0.4 is 61.8 Å². The van der Waals surface area contributed by atoms with Gasteiger partial charge in [-0.05, 0) is 25.5 Å². The van der Waals surface area contributed by atoms with Crippen molar-refractivity contribution in [2.24, 2.45) is 0 Å². The van der Waals surface area contributed by atoms with Gasteiger partial charge in [0.2, 0.25) is 0 Å². The summed E-state index contributed by atoms with van der Waals surface area (Å²) >= 11 is 0. The smallest absolute Gasteiger partial charge is 0.872 e. The minimum absolute atomic E-state index is 0. The van der Waals surface area contributed by atoms with Gasteiger partial charge in [-0.3, -0.25) is 0 Å². The minimum Gasteiger partial charge on any atom is -0.872 e. The summed E-state index contributed by atoms with van der Waals surface area (Å²) in [4.78, 5) is 0. The maximum absolute atomic E-state index is 10.9. The summed E-state index contributed by atoms with van der Waals surface area (Å²) in [5.74, 6) is 0.0616. The Bertz CT molecular complexity index is 250. The zero-order valence-corrected chi connectivity index (χ0v) is 11.0. The van der Waals surface area contributed by atoms with Crippen molar-refractivity contribution >= 4 is 5.69 Å². The molecule has 2 nitrogen and oxygen atoms in total. The van der Waals surface area contributed by atoms with Crippen LogP contribution in [0.1, 0.15) is 12.5 Å². The van der Waals surface area contributed by atoms with Crippen molar-refractivity contribution < 1.29 is 56.5 Å². The molecule has 0 bridgehead atoms. The normalized spacial score (nSPS) is 8.83. The average molecular weight is 189 g/mol. The van der Waals surface area contributed by atoms with Gasteiger partial charge in [-0.2, -0.15) is 0 Å². The SMILES string of the molecule is CCNc1cc([O-])ccc1C.[K+]. The predicted molar refractivity (Wildman–Crippen MR) is 44.8 cm³/mol. The van der Waals surface area contributed by atoms with Crippen molar-refractivity contribution in [2.75, 3.05) is 11.9 Å². The topological polar surface area (TPSA) is 35.1 Å². The number of rotatable bonds is 2. The molecule has 0 radical (unpaired) electrons. The van der Waals surface area contributed by atoms with Gasteiger partial charge in [0.1, 0.15) is 0 Å². The van der Waals surface area contributed by atoms with Crippen LogP contribution in [0.2, 0.25) is 0 Å². The molecule has 0 aliphatic carbocycles. The monoisotopic (exact) mass is 189 g/mol. The molecule has 1 N–H and O–H groups in total. The summed E-state index contributed by atoms with van der Waals surface area (Å²) in [5, 5.41) is 14.0.